The van der Waals surface area contributed by atoms with Crippen LogP contribution in [0.3, 0.4) is 0 Å². The molecule has 1 fully saturated rings. The van der Waals surface area contributed by atoms with E-state index in [1.807, 2.05) is 0 Å². The van der Waals surface area contributed by atoms with Crippen LogP contribution >= 0.6 is 0 Å². The molecule has 16 heavy (non-hydrogen) atoms. The van der Waals surface area contributed by atoms with E-state index >= 15 is 0 Å². The summed E-state index contributed by atoms with van der Waals surface area (Å²) in [5, 5.41) is 2.72. The zero-order valence-corrected chi connectivity index (χ0v) is 9.90. The standard InChI is InChI=1S/C10H20N4O2/c1-13(2)10(16)12-5-7-14-6-3-4-8(11)9(14)15/h8H,3-7,11H2,1-2H3,(H,12,16). The third kappa shape index (κ3) is 3.37. The summed E-state index contributed by atoms with van der Waals surface area (Å²) in [4.78, 5) is 26.0. The molecular weight excluding hydrogens is 208 g/mol. The summed E-state index contributed by atoms with van der Waals surface area (Å²) in [5.74, 6) is -0.00893. The average Bonchev–Trinajstić information content (AvgIpc) is 2.24. The van der Waals surface area contributed by atoms with Crippen LogP contribution in [0.5, 0.6) is 0 Å². The summed E-state index contributed by atoms with van der Waals surface area (Å²) in [6, 6.07) is -0.507. The van der Waals surface area contributed by atoms with E-state index in [4.69, 9.17) is 5.73 Å². The van der Waals surface area contributed by atoms with Gasteiger partial charge in [-0.2, -0.15) is 0 Å². The summed E-state index contributed by atoms with van der Waals surface area (Å²) in [7, 11) is 3.36. The highest BCUT2D eigenvalue weighted by Crippen LogP contribution is 2.08. The van der Waals surface area contributed by atoms with Crippen molar-refractivity contribution in [2.45, 2.75) is 18.9 Å². The maximum absolute atomic E-state index is 11.6. The van der Waals surface area contributed by atoms with Gasteiger partial charge in [-0.3, -0.25) is 4.79 Å². The second-order valence-electron chi connectivity index (χ2n) is 4.20. The Morgan fingerprint density at radius 2 is 2.31 bits per heavy atom. The Balaban J connectivity index is 2.27. The van der Waals surface area contributed by atoms with Crippen LogP contribution in [-0.4, -0.2) is 61.5 Å². The highest BCUT2D eigenvalue weighted by atomic mass is 16.2. The lowest BCUT2D eigenvalue weighted by molar-refractivity contribution is -0.134. The van der Waals surface area contributed by atoms with Crippen molar-refractivity contribution < 1.29 is 9.59 Å². The Morgan fingerprint density at radius 3 is 2.94 bits per heavy atom. The van der Waals surface area contributed by atoms with Crippen LogP contribution in [0.2, 0.25) is 0 Å². The normalized spacial score (nSPS) is 20.8. The van der Waals surface area contributed by atoms with Crippen molar-refractivity contribution in [1.29, 1.82) is 0 Å². The SMILES string of the molecule is CN(C)C(=O)NCCN1CCCC(N)C1=O. The van der Waals surface area contributed by atoms with Gasteiger partial charge in [-0.15, -0.1) is 0 Å². The van der Waals surface area contributed by atoms with Crippen LogP contribution in [0.15, 0.2) is 0 Å². The van der Waals surface area contributed by atoms with Gasteiger partial charge in [0.15, 0.2) is 0 Å². The highest BCUT2D eigenvalue weighted by Gasteiger charge is 2.24. The van der Waals surface area contributed by atoms with E-state index in [1.54, 1.807) is 19.0 Å². The number of hydrogen-bond donors (Lipinski definition) is 2. The van der Waals surface area contributed by atoms with E-state index in [1.165, 1.54) is 4.90 Å². The Bertz CT molecular complexity index is 268. The lowest BCUT2D eigenvalue weighted by atomic mass is 10.1. The number of nitrogens with two attached hydrogens (primary N) is 1. The number of piperidine rings is 1. The zero-order valence-electron chi connectivity index (χ0n) is 9.90. The van der Waals surface area contributed by atoms with Crippen molar-refractivity contribution in [3.63, 3.8) is 0 Å². The number of nitrogens with zero attached hydrogens (tertiary/aromatic N) is 2. The molecule has 3 N–H and O–H groups in total. The number of carbonyl (C=O) groups is 2. The van der Waals surface area contributed by atoms with Gasteiger partial charge < -0.3 is 20.9 Å². The fourth-order valence-electron chi connectivity index (χ4n) is 1.65. The molecule has 3 amide bonds. The van der Waals surface area contributed by atoms with Gasteiger partial charge >= 0.3 is 6.03 Å². The number of amides is 3. The summed E-state index contributed by atoms with van der Waals surface area (Å²) in [6.07, 6.45) is 1.70. The molecule has 6 heteroatoms. The lowest BCUT2D eigenvalue weighted by Crippen LogP contribution is -2.50. The Kier molecular flexibility index (Phi) is 4.54. The molecule has 92 valence electrons. The van der Waals surface area contributed by atoms with Crippen LogP contribution < -0.4 is 11.1 Å². The van der Waals surface area contributed by atoms with Crippen molar-refractivity contribution in [2.24, 2.45) is 5.73 Å². The fourth-order valence-corrected chi connectivity index (χ4v) is 1.65. The molecule has 0 aromatic heterocycles. The van der Waals surface area contributed by atoms with Crippen LogP contribution in [0.25, 0.3) is 0 Å². The number of likely N-dealkylation sites (tertiary alicyclic amines) is 1. The second kappa shape index (κ2) is 5.69. The van der Waals surface area contributed by atoms with Crippen LogP contribution in [0.4, 0.5) is 4.79 Å². The van der Waals surface area contributed by atoms with E-state index in [0.717, 1.165) is 19.4 Å². The minimum atomic E-state index is -0.363. The first-order valence-electron chi connectivity index (χ1n) is 5.52. The third-order valence-corrected chi connectivity index (χ3v) is 2.64. The predicted octanol–water partition coefficient (Wildman–Crippen LogP) is -0.793. The van der Waals surface area contributed by atoms with E-state index in [2.05, 4.69) is 5.32 Å². The predicted molar refractivity (Wildman–Crippen MR) is 60.9 cm³/mol. The van der Waals surface area contributed by atoms with Gasteiger partial charge in [0, 0.05) is 33.7 Å². The molecule has 0 aromatic rings. The van der Waals surface area contributed by atoms with Gasteiger partial charge in [0.1, 0.15) is 0 Å². The fraction of sp³-hybridized carbons (Fsp3) is 0.800. The van der Waals surface area contributed by atoms with Gasteiger partial charge in [0.2, 0.25) is 5.91 Å². The molecule has 1 aliphatic heterocycles. The van der Waals surface area contributed by atoms with E-state index in [0.29, 0.717) is 13.1 Å². The summed E-state index contributed by atoms with van der Waals surface area (Å²) in [6.45, 7) is 1.74. The van der Waals surface area contributed by atoms with Crippen molar-refractivity contribution in [3.05, 3.63) is 0 Å². The first-order valence-corrected chi connectivity index (χ1v) is 5.52. The summed E-state index contributed by atoms with van der Waals surface area (Å²) >= 11 is 0. The molecule has 1 unspecified atom stereocenters. The minimum Gasteiger partial charge on any atom is -0.340 e. The molecular formula is C10H20N4O2. The minimum absolute atomic E-state index is 0.00893. The molecule has 0 aliphatic carbocycles. The lowest BCUT2D eigenvalue weighted by Gasteiger charge is -2.30. The molecule has 0 saturated carbocycles. The molecule has 1 heterocycles. The van der Waals surface area contributed by atoms with Gasteiger partial charge in [-0.25, -0.2) is 4.79 Å². The topological polar surface area (TPSA) is 78.7 Å². The summed E-state index contributed by atoms with van der Waals surface area (Å²) < 4.78 is 0. The van der Waals surface area contributed by atoms with Crippen LogP contribution in [0.1, 0.15) is 12.8 Å². The Morgan fingerprint density at radius 1 is 1.62 bits per heavy atom. The van der Waals surface area contributed by atoms with Crippen molar-refractivity contribution in [2.75, 3.05) is 33.7 Å². The number of urea groups is 1. The molecule has 0 aromatic carbocycles. The van der Waals surface area contributed by atoms with Crippen LogP contribution in [-0.2, 0) is 4.79 Å². The van der Waals surface area contributed by atoms with Crippen molar-refractivity contribution in [1.82, 2.24) is 15.1 Å². The van der Waals surface area contributed by atoms with E-state index < -0.39 is 0 Å². The Labute approximate surface area is 95.8 Å². The van der Waals surface area contributed by atoms with Gasteiger partial charge in [0.25, 0.3) is 0 Å². The van der Waals surface area contributed by atoms with E-state index in [9.17, 15) is 9.59 Å². The van der Waals surface area contributed by atoms with Gasteiger partial charge in [0.05, 0.1) is 6.04 Å². The number of carbonyl (C=O) groups excluding carboxylic acids is 2. The quantitative estimate of drug-likeness (QED) is 0.664. The van der Waals surface area contributed by atoms with Crippen LogP contribution in [0, 0.1) is 0 Å². The molecule has 0 radical (unpaired) electrons. The smallest absolute Gasteiger partial charge is 0.316 e. The highest BCUT2D eigenvalue weighted by molar-refractivity contribution is 5.82. The number of rotatable bonds is 3. The monoisotopic (exact) mass is 228 g/mol. The van der Waals surface area contributed by atoms with Gasteiger partial charge in [-0.1, -0.05) is 0 Å². The summed E-state index contributed by atoms with van der Waals surface area (Å²) in [5.41, 5.74) is 5.66. The van der Waals surface area contributed by atoms with Crippen molar-refractivity contribution in [3.8, 4) is 0 Å². The second-order valence-corrected chi connectivity index (χ2v) is 4.20. The first-order chi connectivity index (χ1) is 7.52. The average molecular weight is 228 g/mol. The number of hydrogen-bond acceptors (Lipinski definition) is 3. The zero-order chi connectivity index (χ0) is 12.1. The maximum atomic E-state index is 11.6. The van der Waals surface area contributed by atoms with Crippen molar-refractivity contribution >= 4 is 11.9 Å². The molecule has 6 nitrogen and oxygen atoms in total. The maximum Gasteiger partial charge on any atom is 0.316 e. The molecule has 0 bridgehead atoms. The largest absolute Gasteiger partial charge is 0.340 e. The molecule has 1 atom stereocenters. The molecule has 0 spiro atoms. The first kappa shape index (κ1) is 12.8. The van der Waals surface area contributed by atoms with Gasteiger partial charge in [-0.05, 0) is 12.8 Å². The number of nitrogens with one attached hydrogen (secondary N) is 1. The van der Waals surface area contributed by atoms with E-state index in [-0.39, 0.29) is 18.0 Å². The third-order valence-electron chi connectivity index (χ3n) is 2.64. The molecule has 1 saturated heterocycles. The molecule has 1 aliphatic rings. The Hall–Kier alpha value is -1.30. The molecule has 1 rings (SSSR count).